The number of nitrogens with one attached hydrogen (secondary N) is 1. The van der Waals surface area contributed by atoms with Crippen LogP contribution in [0.4, 0.5) is 13.2 Å². The highest BCUT2D eigenvalue weighted by molar-refractivity contribution is 6.43. The van der Waals surface area contributed by atoms with Gasteiger partial charge in [0.2, 0.25) is 5.91 Å². The average molecular weight is 410 g/mol. The van der Waals surface area contributed by atoms with Gasteiger partial charge < -0.3 is 25.8 Å². The SMILES string of the molecule is N[C@@H](Cc1ccccc1)C(=O)NC[C@@H](Cc1ccc(OC(F)(F)F)cc1)B(O)O. The molecule has 0 heterocycles. The number of hydrogen-bond acceptors (Lipinski definition) is 5. The molecule has 2 rings (SSSR count). The fourth-order valence-corrected chi connectivity index (χ4v) is 2.74. The van der Waals surface area contributed by atoms with Crippen molar-refractivity contribution in [2.75, 3.05) is 6.54 Å². The molecule has 2 aromatic carbocycles. The Kier molecular flexibility index (Phi) is 8.06. The van der Waals surface area contributed by atoms with Crippen molar-refractivity contribution in [3.63, 3.8) is 0 Å². The molecule has 1 amide bonds. The van der Waals surface area contributed by atoms with Crippen LogP contribution in [-0.2, 0) is 17.6 Å². The third kappa shape index (κ3) is 8.14. The molecule has 2 aromatic rings. The number of rotatable bonds is 9. The van der Waals surface area contributed by atoms with Crippen molar-refractivity contribution in [3.05, 3.63) is 65.7 Å². The molecule has 2 atom stereocenters. The summed E-state index contributed by atoms with van der Waals surface area (Å²) in [7, 11) is -1.73. The molecule has 10 heteroatoms. The lowest BCUT2D eigenvalue weighted by Gasteiger charge is -2.19. The van der Waals surface area contributed by atoms with Crippen LogP contribution in [0.2, 0.25) is 5.82 Å². The summed E-state index contributed by atoms with van der Waals surface area (Å²) in [6.45, 7) is -0.0558. The summed E-state index contributed by atoms with van der Waals surface area (Å²) in [6.07, 6.45) is -4.33. The summed E-state index contributed by atoms with van der Waals surface area (Å²) >= 11 is 0. The summed E-state index contributed by atoms with van der Waals surface area (Å²) in [5, 5.41) is 21.7. The normalized spacial score (nSPS) is 13.4. The first-order valence-corrected chi connectivity index (χ1v) is 8.92. The zero-order chi connectivity index (χ0) is 21.4. The first kappa shape index (κ1) is 22.7. The van der Waals surface area contributed by atoms with Crippen LogP contribution < -0.4 is 15.8 Å². The van der Waals surface area contributed by atoms with Gasteiger partial charge in [-0.05, 0) is 36.1 Å². The Bertz CT molecular complexity index is 773. The molecule has 0 bridgehead atoms. The number of nitrogens with two attached hydrogens (primary N) is 1. The molecule has 0 fully saturated rings. The smallest absolute Gasteiger partial charge is 0.427 e. The van der Waals surface area contributed by atoms with Crippen molar-refractivity contribution in [3.8, 4) is 5.75 Å². The van der Waals surface area contributed by atoms with E-state index in [1.807, 2.05) is 30.3 Å². The molecule has 0 unspecified atom stereocenters. The second-order valence-electron chi connectivity index (χ2n) is 6.61. The highest BCUT2D eigenvalue weighted by Crippen LogP contribution is 2.24. The minimum Gasteiger partial charge on any atom is -0.427 e. The van der Waals surface area contributed by atoms with E-state index < -0.39 is 31.2 Å². The van der Waals surface area contributed by atoms with Gasteiger partial charge in [-0.1, -0.05) is 42.5 Å². The monoisotopic (exact) mass is 410 g/mol. The van der Waals surface area contributed by atoms with E-state index in [1.165, 1.54) is 12.1 Å². The van der Waals surface area contributed by atoms with E-state index in [2.05, 4.69) is 10.1 Å². The van der Waals surface area contributed by atoms with Crippen LogP contribution >= 0.6 is 0 Å². The molecule has 0 saturated carbocycles. The van der Waals surface area contributed by atoms with Gasteiger partial charge in [0.1, 0.15) is 5.75 Å². The third-order valence-corrected chi connectivity index (χ3v) is 4.25. The maximum atomic E-state index is 12.2. The number of amides is 1. The molecule has 0 aliphatic rings. The van der Waals surface area contributed by atoms with E-state index in [4.69, 9.17) is 5.73 Å². The van der Waals surface area contributed by atoms with E-state index in [-0.39, 0.29) is 18.7 Å². The minimum absolute atomic E-state index is 0.0558. The van der Waals surface area contributed by atoms with Gasteiger partial charge in [0.25, 0.3) is 0 Å². The van der Waals surface area contributed by atoms with Crippen LogP contribution in [-0.4, -0.2) is 42.0 Å². The van der Waals surface area contributed by atoms with E-state index in [9.17, 15) is 28.0 Å². The minimum atomic E-state index is -4.78. The summed E-state index contributed by atoms with van der Waals surface area (Å²) in [5.74, 6) is -1.58. The van der Waals surface area contributed by atoms with Crippen molar-refractivity contribution >= 4 is 13.0 Å². The first-order chi connectivity index (χ1) is 13.6. The Hall–Kier alpha value is -2.56. The first-order valence-electron chi connectivity index (χ1n) is 8.92. The average Bonchev–Trinajstić information content (AvgIpc) is 2.65. The molecule has 0 spiro atoms. The van der Waals surface area contributed by atoms with Crippen molar-refractivity contribution in [2.45, 2.75) is 31.1 Å². The maximum Gasteiger partial charge on any atom is 0.573 e. The van der Waals surface area contributed by atoms with E-state index in [1.54, 1.807) is 0 Å². The maximum absolute atomic E-state index is 12.2. The number of carbonyl (C=O) groups excluding carboxylic acids is 1. The Morgan fingerprint density at radius 3 is 2.17 bits per heavy atom. The van der Waals surface area contributed by atoms with Gasteiger partial charge in [0, 0.05) is 12.4 Å². The molecule has 0 aromatic heterocycles. The Balaban J connectivity index is 1.88. The van der Waals surface area contributed by atoms with Crippen molar-refractivity contribution in [2.24, 2.45) is 5.73 Å². The molecule has 29 heavy (non-hydrogen) atoms. The van der Waals surface area contributed by atoms with Gasteiger partial charge in [0.05, 0.1) is 6.04 Å². The summed E-state index contributed by atoms with van der Waals surface area (Å²) in [6, 6.07) is 13.5. The van der Waals surface area contributed by atoms with Crippen LogP contribution in [0.1, 0.15) is 11.1 Å². The predicted octanol–water partition coefficient (Wildman–Crippen LogP) is 1.66. The number of alkyl halides is 3. The second-order valence-corrected chi connectivity index (χ2v) is 6.61. The van der Waals surface area contributed by atoms with E-state index in [0.29, 0.717) is 12.0 Å². The second kappa shape index (κ2) is 10.3. The topological polar surface area (TPSA) is 105 Å². The van der Waals surface area contributed by atoms with Crippen LogP contribution in [0.5, 0.6) is 5.75 Å². The van der Waals surface area contributed by atoms with Gasteiger partial charge in [0.15, 0.2) is 0 Å². The molecular weight excluding hydrogens is 388 g/mol. The van der Waals surface area contributed by atoms with Gasteiger partial charge in [-0.3, -0.25) is 4.79 Å². The zero-order valence-electron chi connectivity index (χ0n) is 15.5. The van der Waals surface area contributed by atoms with Gasteiger partial charge >= 0.3 is 13.5 Å². The van der Waals surface area contributed by atoms with Gasteiger partial charge in [-0.25, -0.2) is 0 Å². The fraction of sp³-hybridized carbons (Fsp3) is 0.316. The van der Waals surface area contributed by atoms with Crippen molar-refractivity contribution < 1.29 is 32.8 Å². The highest BCUT2D eigenvalue weighted by atomic mass is 19.4. The fourth-order valence-electron chi connectivity index (χ4n) is 2.74. The number of halogens is 3. The highest BCUT2D eigenvalue weighted by Gasteiger charge is 2.31. The Morgan fingerprint density at radius 1 is 1.03 bits per heavy atom. The summed E-state index contributed by atoms with van der Waals surface area (Å²) < 4.78 is 40.4. The lowest BCUT2D eigenvalue weighted by Crippen LogP contribution is -2.44. The van der Waals surface area contributed by atoms with Gasteiger partial charge in [-0.15, -0.1) is 13.2 Å². The molecule has 0 saturated heterocycles. The number of carbonyl (C=O) groups is 1. The molecule has 156 valence electrons. The third-order valence-electron chi connectivity index (χ3n) is 4.25. The van der Waals surface area contributed by atoms with E-state index in [0.717, 1.165) is 17.7 Å². The molecule has 0 radical (unpaired) electrons. The molecular formula is C19H22BF3N2O4. The largest absolute Gasteiger partial charge is 0.573 e. The van der Waals surface area contributed by atoms with E-state index >= 15 is 0 Å². The van der Waals surface area contributed by atoms with Crippen molar-refractivity contribution in [1.82, 2.24) is 5.32 Å². The number of benzene rings is 2. The van der Waals surface area contributed by atoms with Gasteiger partial charge in [-0.2, -0.15) is 0 Å². The van der Waals surface area contributed by atoms with Crippen LogP contribution in [0, 0.1) is 0 Å². The summed E-state index contributed by atoms with van der Waals surface area (Å²) in [5.41, 5.74) is 7.34. The van der Waals surface area contributed by atoms with Crippen LogP contribution in [0.15, 0.2) is 54.6 Å². The Morgan fingerprint density at radius 2 is 1.62 bits per heavy atom. The molecule has 5 N–H and O–H groups in total. The quantitative estimate of drug-likeness (QED) is 0.471. The Labute approximate surface area is 166 Å². The standard InChI is InChI=1S/C19H22BF3N2O4/c21-19(22,23)29-16-8-6-14(7-9-16)10-15(20(27)28)12-25-18(26)17(24)11-13-4-2-1-3-5-13/h1-9,15,17,27-28H,10-12,24H2,(H,25,26)/t15-,17+/m1/s1. The lowest BCUT2D eigenvalue weighted by atomic mass is 9.69. The molecule has 6 nitrogen and oxygen atoms in total. The number of hydrogen-bond donors (Lipinski definition) is 4. The van der Waals surface area contributed by atoms with Crippen LogP contribution in [0.25, 0.3) is 0 Å². The van der Waals surface area contributed by atoms with Crippen LogP contribution in [0.3, 0.4) is 0 Å². The van der Waals surface area contributed by atoms with Crippen molar-refractivity contribution in [1.29, 1.82) is 0 Å². The number of ether oxygens (including phenoxy) is 1. The molecule has 0 aliphatic carbocycles. The summed E-state index contributed by atoms with van der Waals surface area (Å²) in [4.78, 5) is 12.2. The zero-order valence-corrected chi connectivity index (χ0v) is 15.5. The predicted molar refractivity (Wildman–Crippen MR) is 102 cm³/mol. The molecule has 0 aliphatic heterocycles. The lowest BCUT2D eigenvalue weighted by molar-refractivity contribution is -0.274.